The molecule has 0 fully saturated rings. The Morgan fingerprint density at radius 2 is 1.00 bits per heavy atom. The normalized spacial score (nSPS) is 12.7. The van der Waals surface area contributed by atoms with Gasteiger partial charge in [0, 0.05) is 27.3 Å². The van der Waals surface area contributed by atoms with E-state index in [0.717, 1.165) is 0 Å². The van der Waals surface area contributed by atoms with Crippen LogP contribution in [0.3, 0.4) is 0 Å². The summed E-state index contributed by atoms with van der Waals surface area (Å²) in [6.45, 7) is 14.1. The van der Waals surface area contributed by atoms with Crippen LogP contribution in [0.2, 0.25) is 0 Å². The van der Waals surface area contributed by atoms with E-state index in [0.29, 0.717) is 5.16 Å². The third-order valence-corrected chi connectivity index (χ3v) is 6.04. The van der Waals surface area contributed by atoms with E-state index < -0.39 is 7.26 Å². The molecule has 9 heavy (non-hydrogen) atoms. The Kier molecular flexibility index (Phi) is 4.43. The Labute approximate surface area is 66.2 Å². The van der Waals surface area contributed by atoms with Crippen molar-refractivity contribution < 1.29 is 12.4 Å². The van der Waals surface area contributed by atoms with Crippen LogP contribution in [0.15, 0.2) is 0 Å². The topological polar surface area (TPSA) is 0 Å². The smallest absolute Gasteiger partial charge is 0.0707 e. The fourth-order valence-corrected chi connectivity index (χ4v) is 0. The summed E-state index contributed by atoms with van der Waals surface area (Å²) in [6.07, 6.45) is 0. The lowest BCUT2D eigenvalue weighted by Gasteiger charge is -2.27. The summed E-state index contributed by atoms with van der Waals surface area (Å²) < 4.78 is 0. The number of hydrogen-bond donors (Lipinski definition) is 0. The Morgan fingerprint density at radius 3 is 1.00 bits per heavy atom. The van der Waals surface area contributed by atoms with E-state index in [1.54, 1.807) is 0 Å². The third kappa shape index (κ3) is 4.17. The second kappa shape index (κ2) is 3.21. The van der Waals surface area contributed by atoms with Crippen LogP contribution in [0.25, 0.3) is 0 Å². The van der Waals surface area contributed by atoms with Crippen molar-refractivity contribution in [2.75, 3.05) is 20.0 Å². The molecule has 0 heterocycles. The highest BCUT2D eigenvalue weighted by Crippen LogP contribution is 2.58. The third-order valence-electron chi connectivity index (χ3n) is 2.01. The highest BCUT2D eigenvalue weighted by Gasteiger charge is 2.34. The van der Waals surface area contributed by atoms with Crippen LogP contribution < -0.4 is 12.4 Å². The molecule has 0 saturated carbocycles. The second-order valence-electron chi connectivity index (χ2n) is 4.18. The molecule has 0 aromatic carbocycles. The van der Waals surface area contributed by atoms with Crippen LogP contribution in [-0.2, 0) is 0 Å². The second-order valence-corrected chi connectivity index (χ2v) is 9.55. The van der Waals surface area contributed by atoms with Gasteiger partial charge in [-0.1, -0.05) is 0 Å². The molecule has 0 aromatic heterocycles. The van der Waals surface area contributed by atoms with E-state index in [1.165, 1.54) is 0 Å². The van der Waals surface area contributed by atoms with Gasteiger partial charge in [0.2, 0.25) is 0 Å². The van der Waals surface area contributed by atoms with E-state index in [4.69, 9.17) is 0 Å². The highest BCUT2D eigenvalue weighted by molar-refractivity contribution is 7.75. The Morgan fingerprint density at radius 1 is 0.889 bits per heavy atom. The zero-order valence-electron chi connectivity index (χ0n) is 7.33. The molecule has 0 aromatic rings. The molecule has 0 nitrogen and oxygen atoms in total. The maximum atomic E-state index is 2.38. The van der Waals surface area contributed by atoms with Gasteiger partial charge >= 0.3 is 0 Å². The Balaban J connectivity index is 0. The van der Waals surface area contributed by atoms with Crippen molar-refractivity contribution in [3.8, 4) is 0 Å². The van der Waals surface area contributed by atoms with E-state index in [2.05, 4.69) is 40.8 Å². The van der Waals surface area contributed by atoms with Gasteiger partial charge in [0.05, 0.1) is 5.16 Å². The summed E-state index contributed by atoms with van der Waals surface area (Å²) in [5, 5.41) is 0.549. The molecular weight excluding hydrogens is 151 g/mol. The molecule has 0 bridgehead atoms. The standard InChI is InChI=1S/C7H18P.ClH/c1-7(2,3)8(4,5)6;/h1-6H3;1H/q+1;/p-1. The van der Waals surface area contributed by atoms with E-state index in [9.17, 15) is 0 Å². The fourth-order valence-electron chi connectivity index (χ4n) is 0. The number of rotatable bonds is 0. The zero-order chi connectivity index (χ0) is 7.00. The molecule has 0 saturated heterocycles. The van der Waals surface area contributed by atoms with Crippen molar-refractivity contribution in [3.63, 3.8) is 0 Å². The van der Waals surface area contributed by atoms with Crippen LogP contribution in [-0.4, -0.2) is 25.2 Å². The molecule has 0 radical (unpaired) electrons. The molecule has 0 spiro atoms. The number of hydrogen-bond acceptors (Lipinski definition) is 0. The molecule has 58 valence electrons. The van der Waals surface area contributed by atoms with Gasteiger partial charge in [-0.15, -0.1) is 0 Å². The maximum absolute atomic E-state index is 2.38. The molecule has 0 aliphatic rings. The maximum Gasteiger partial charge on any atom is 0.0707 e. The zero-order valence-corrected chi connectivity index (χ0v) is 8.98. The molecule has 0 rings (SSSR count). The molecule has 0 aliphatic heterocycles. The van der Waals surface area contributed by atoms with Crippen molar-refractivity contribution in [1.82, 2.24) is 0 Å². The molecule has 2 heteroatoms. The molecule has 0 aliphatic carbocycles. The molecule has 0 amide bonds. The molecular formula is C7H18ClP. The summed E-state index contributed by atoms with van der Waals surface area (Å²) in [7, 11) is -0.600. The van der Waals surface area contributed by atoms with Crippen LogP contribution in [0.1, 0.15) is 20.8 Å². The largest absolute Gasteiger partial charge is 1.00 e. The minimum atomic E-state index is -0.600. The average Bonchev–Trinajstić information content (AvgIpc) is 1.25. The summed E-state index contributed by atoms with van der Waals surface area (Å²) in [5.74, 6) is 0. The summed E-state index contributed by atoms with van der Waals surface area (Å²) in [5.41, 5.74) is 0. The predicted molar refractivity (Wildman–Crippen MR) is 44.4 cm³/mol. The van der Waals surface area contributed by atoms with E-state index in [1.807, 2.05) is 0 Å². The van der Waals surface area contributed by atoms with E-state index in [-0.39, 0.29) is 12.4 Å². The van der Waals surface area contributed by atoms with Crippen molar-refractivity contribution in [2.24, 2.45) is 0 Å². The Bertz CT molecular complexity index is 63.9. The lowest BCUT2D eigenvalue weighted by atomic mass is 10.3. The predicted octanol–water partition coefficient (Wildman–Crippen LogP) is -0.304. The van der Waals surface area contributed by atoms with Gasteiger partial charge in [0.1, 0.15) is 0 Å². The van der Waals surface area contributed by atoms with Crippen LogP contribution in [0.4, 0.5) is 0 Å². The lowest BCUT2D eigenvalue weighted by molar-refractivity contribution is -0.00000231. The van der Waals surface area contributed by atoms with Gasteiger partial charge in [-0.3, -0.25) is 0 Å². The van der Waals surface area contributed by atoms with Crippen molar-refractivity contribution in [2.45, 2.75) is 25.9 Å². The van der Waals surface area contributed by atoms with Crippen molar-refractivity contribution in [1.29, 1.82) is 0 Å². The van der Waals surface area contributed by atoms with Crippen LogP contribution in [0, 0.1) is 0 Å². The SMILES string of the molecule is CC(C)(C)[P+](C)(C)C.[Cl-]. The van der Waals surface area contributed by atoms with Gasteiger partial charge in [-0.25, -0.2) is 0 Å². The average molecular weight is 169 g/mol. The first kappa shape index (κ1) is 12.4. The van der Waals surface area contributed by atoms with Crippen LogP contribution >= 0.6 is 7.26 Å². The van der Waals surface area contributed by atoms with Crippen molar-refractivity contribution >= 4 is 7.26 Å². The first-order valence-corrected chi connectivity index (χ1v) is 6.20. The fraction of sp³-hybridized carbons (Fsp3) is 1.00. The number of halogens is 1. The van der Waals surface area contributed by atoms with Crippen LogP contribution in [0.5, 0.6) is 0 Å². The summed E-state index contributed by atoms with van der Waals surface area (Å²) >= 11 is 0. The van der Waals surface area contributed by atoms with Gasteiger partial charge in [0.25, 0.3) is 0 Å². The molecule has 0 N–H and O–H groups in total. The van der Waals surface area contributed by atoms with Crippen molar-refractivity contribution in [3.05, 3.63) is 0 Å². The Hall–Kier alpha value is 0.720. The van der Waals surface area contributed by atoms with Gasteiger partial charge in [-0.2, -0.15) is 0 Å². The summed E-state index contributed by atoms with van der Waals surface area (Å²) in [4.78, 5) is 0. The first-order valence-electron chi connectivity index (χ1n) is 3.07. The quantitative estimate of drug-likeness (QED) is 0.436. The highest BCUT2D eigenvalue weighted by atomic mass is 35.5. The monoisotopic (exact) mass is 168 g/mol. The van der Waals surface area contributed by atoms with Gasteiger partial charge in [-0.05, 0) is 20.8 Å². The molecule has 0 atom stereocenters. The minimum absolute atomic E-state index is 0. The van der Waals surface area contributed by atoms with Gasteiger partial charge in [0.15, 0.2) is 0 Å². The lowest BCUT2D eigenvalue weighted by Crippen LogP contribution is -3.00. The summed E-state index contributed by atoms with van der Waals surface area (Å²) in [6, 6.07) is 0. The van der Waals surface area contributed by atoms with Gasteiger partial charge < -0.3 is 12.4 Å². The first-order chi connectivity index (χ1) is 3.25. The van der Waals surface area contributed by atoms with E-state index >= 15 is 0 Å². The minimum Gasteiger partial charge on any atom is -1.00 e. The molecule has 0 unspecified atom stereocenters.